The molecule has 1 saturated heterocycles. The van der Waals surface area contributed by atoms with Crippen LogP contribution in [0.25, 0.3) is 5.82 Å². The van der Waals surface area contributed by atoms with Gasteiger partial charge in [0.05, 0.1) is 12.5 Å². The summed E-state index contributed by atoms with van der Waals surface area (Å²) in [5, 5.41) is 4.26. The summed E-state index contributed by atoms with van der Waals surface area (Å²) in [5.74, 6) is 1.01. The van der Waals surface area contributed by atoms with Crippen LogP contribution in [0.1, 0.15) is 26.2 Å². The standard InChI is InChI=1S/C17H26N6O/c1-14(24)21(3)15-7-11-22(12-8-15)17-6-5-16(18-13-20(17)2)23-10-4-9-19-23/h4-5,9-10,13,15,17H,6-8,11-12H2,1-3H3/t17-/m1/s1. The van der Waals surface area contributed by atoms with E-state index in [9.17, 15) is 4.79 Å². The Labute approximate surface area is 143 Å². The molecule has 1 amide bonds. The average Bonchev–Trinajstić information content (AvgIpc) is 3.05. The normalized spacial score (nSPS) is 23.0. The molecule has 0 bridgehead atoms. The molecule has 0 radical (unpaired) electrons. The van der Waals surface area contributed by atoms with Crippen LogP contribution in [-0.4, -0.2) is 76.1 Å². The predicted octanol–water partition coefficient (Wildman–Crippen LogP) is 1.31. The van der Waals surface area contributed by atoms with E-state index in [1.165, 1.54) is 0 Å². The van der Waals surface area contributed by atoms with E-state index in [4.69, 9.17) is 0 Å². The minimum absolute atomic E-state index is 0.152. The molecule has 1 atom stereocenters. The molecule has 0 spiro atoms. The molecule has 0 aliphatic carbocycles. The lowest BCUT2D eigenvalue weighted by atomic mass is 10.0. The summed E-state index contributed by atoms with van der Waals surface area (Å²) in [7, 11) is 3.98. The molecular formula is C17H26N6O. The zero-order chi connectivity index (χ0) is 17.1. The third-order valence-electron chi connectivity index (χ3n) is 5.06. The Balaban J connectivity index is 1.64. The van der Waals surface area contributed by atoms with Crippen LogP contribution in [0, 0.1) is 0 Å². The highest BCUT2D eigenvalue weighted by Crippen LogP contribution is 2.22. The Morgan fingerprint density at radius 3 is 2.71 bits per heavy atom. The van der Waals surface area contributed by atoms with E-state index in [0.717, 1.165) is 38.2 Å². The molecule has 7 nitrogen and oxygen atoms in total. The predicted molar refractivity (Wildman–Crippen MR) is 94.2 cm³/mol. The van der Waals surface area contributed by atoms with Crippen molar-refractivity contribution in [2.75, 3.05) is 27.2 Å². The summed E-state index contributed by atoms with van der Waals surface area (Å²) in [4.78, 5) is 22.6. The van der Waals surface area contributed by atoms with E-state index < -0.39 is 0 Å². The van der Waals surface area contributed by atoms with E-state index in [0.29, 0.717) is 12.2 Å². The first-order valence-corrected chi connectivity index (χ1v) is 8.50. The lowest BCUT2D eigenvalue weighted by Crippen LogP contribution is -2.52. The fourth-order valence-electron chi connectivity index (χ4n) is 3.45. The van der Waals surface area contributed by atoms with Crippen LogP contribution in [-0.2, 0) is 4.79 Å². The van der Waals surface area contributed by atoms with Crippen LogP contribution in [0.5, 0.6) is 0 Å². The van der Waals surface area contributed by atoms with E-state index >= 15 is 0 Å². The summed E-state index contributed by atoms with van der Waals surface area (Å²) in [5.41, 5.74) is 0. The number of rotatable bonds is 3. The van der Waals surface area contributed by atoms with Crippen molar-refractivity contribution in [1.29, 1.82) is 0 Å². The monoisotopic (exact) mass is 330 g/mol. The van der Waals surface area contributed by atoms with E-state index in [2.05, 4.69) is 33.0 Å². The van der Waals surface area contributed by atoms with Crippen LogP contribution >= 0.6 is 0 Å². The largest absolute Gasteiger partial charge is 0.350 e. The van der Waals surface area contributed by atoms with Crippen LogP contribution in [0.15, 0.2) is 29.5 Å². The number of hydrogen-bond donors (Lipinski definition) is 0. The number of aromatic nitrogens is 2. The van der Waals surface area contributed by atoms with Gasteiger partial charge in [-0.25, -0.2) is 9.67 Å². The molecule has 2 aliphatic heterocycles. The Hall–Kier alpha value is -2.15. The van der Waals surface area contributed by atoms with Crippen molar-refractivity contribution in [3.8, 4) is 0 Å². The number of nitrogens with zero attached hydrogens (tertiary/aromatic N) is 6. The van der Waals surface area contributed by atoms with Gasteiger partial charge in [0, 0.05) is 59.0 Å². The molecule has 0 unspecified atom stereocenters. The van der Waals surface area contributed by atoms with E-state index in [1.807, 2.05) is 30.5 Å². The second-order valence-electron chi connectivity index (χ2n) is 6.54. The van der Waals surface area contributed by atoms with Gasteiger partial charge in [-0.3, -0.25) is 9.69 Å². The quantitative estimate of drug-likeness (QED) is 0.839. The molecule has 2 aliphatic rings. The highest BCUT2D eigenvalue weighted by molar-refractivity contribution is 5.73. The summed E-state index contributed by atoms with van der Waals surface area (Å²) in [6.45, 7) is 3.63. The van der Waals surface area contributed by atoms with E-state index in [1.54, 1.807) is 17.8 Å². The van der Waals surface area contributed by atoms with E-state index in [-0.39, 0.29) is 5.91 Å². The molecule has 7 heteroatoms. The molecule has 3 heterocycles. The zero-order valence-electron chi connectivity index (χ0n) is 14.7. The van der Waals surface area contributed by atoms with Crippen molar-refractivity contribution < 1.29 is 4.79 Å². The highest BCUT2D eigenvalue weighted by Gasteiger charge is 2.29. The Morgan fingerprint density at radius 2 is 2.08 bits per heavy atom. The number of likely N-dealkylation sites (tertiary alicyclic amines) is 1. The van der Waals surface area contributed by atoms with Crippen molar-refractivity contribution in [2.24, 2.45) is 4.99 Å². The van der Waals surface area contributed by atoms with Gasteiger partial charge in [0.25, 0.3) is 0 Å². The Morgan fingerprint density at radius 1 is 1.33 bits per heavy atom. The lowest BCUT2D eigenvalue weighted by Gasteiger charge is -2.42. The second kappa shape index (κ2) is 7.17. The van der Waals surface area contributed by atoms with Crippen molar-refractivity contribution >= 4 is 18.1 Å². The molecule has 0 aromatic carbocycles. The number of hydrogen-bond acceptors (Lipinski definition) is 5. The summed E-state index contributed by atoms with van der Waals surface area (Å²) >= 11 is 0. The van der Waals surface area contributed by atoms with Gasteiger partial charge in [0.2, 0.25) is 5.91 Å². The van der Waals surface area contributed by atoms with Gasteiger partial charge in [-0.1, -0.05) is 0 Å². The van der Waals surface area contributed by atoms with Crippen molar-refractivity contribution in [3.63, 3.8) is 0 Å². The number of aliphatic imine (C=N–C) groups is 1. The number of carbonyl (C=O) groups excluding carboxylic acids is 1. The van der Waals surface area contributed by atoms with Gasteiger partial charge >= 0.3 is 0 Å². The zero-order valence-corrected chi connectivity index (χ0v) is 14.7. The molecule has 0 saturated carbocycles. The first kappa shape index (κ1) is 16.7. The van der Waals surface area contributed by atoms with Gasteiger partial charge in [0.1, 0.15) is 0 Å². The molecule has 3 rings (SSSR count). The number of carbonyl (C=O) groups is 1. The fraction of sp³-hybridized carbons (Fsp3) is 0.588. The molecule has 1 aromatic rings. The average molecular weight is 330 g/mol. The smallest absolute Gasteiger partial charge is 0.219 e. The summed E-state index contributed by atoms with van der Waals surface area (Å²) in [6.07, 6.45) is 10.9. The van der Waals surface area contributed by atoms with Crippen molar-refractivity contribution in [3.05, 3.63) is 24.5 Å². The van der Waals surface area contributed by atoms with Crippen LogP contribution in [0.3, 0.4) is 0 Å². The maximum absolute atomic E-state index is 11.5. The lowest BCUT2D eigenvalue weighted by molar-refractivity contribution is -0.130. The summed E-state index contributed by atoms with van der Waals surface area (Å²) < 4.78 is 1.79. The maximum atomic E-state index is 11.5. The van der Waals surface area contributed by atoms with Crippen LogP contribution < -0.4 is 0 Å². The Bertz CT molecular complexity index is 615. The molecule has 1 fully saturated rings. The highest BCUT2D eigenvalue weighted by atomic mass is 16.2. The van der Waals surface area contributed by atoms with Crippen molar-refractivity contribution in [1.82, 2.24) is 24.5 Å². The van der Waals surface area contributed by atoms with Gasteiger partial charge < -0.3 is 9.80 Å². The molecular weight excluding hydrogens is 304 g/mol. The molecule has 130 valence electrons. The molecule has 24 heavy (non-hydrogen) atoms. The third-order valence-corrected chi connectivity index (χ3v) is 5.06. The fourth-order valence-corrected chi connectivity index (χ4v) is 3.45. The second-order valence-corrected chi connectivity index (χ2v) is 6.54. The SMILES string of the molecule is CC(=O)N(C)C1CCN([C@@H]2CC=C(n3cccn3)N=CN2C)CC1. The topological polar surface area (TPSA) is 57.0 Å². The third kappa shape index (κ3) is 3.51. The van der Waals surface area contributed by atoms with Crippen LogP contribution in [0.4, 0.5) is 0 Å². The first-order chi connectivity index (χ1) is 11.6. The Kier molecular flexibility index (Phi) is 4.99. The first-order valence-electron chi connectivity index (χ1n) is 8.50. The summed E-state index contributed by atoms with van der Waals surface area (Å²) in [6, 6.07) is 2.26. The maximum Gasteiger partial charge on any atom is 0.219 e. The number of piperidine rings is 1. The minimum atomic E-state index is 0.152. The van der Waals surface area contributed by atoms with Gasteiger partial charge in [-0.2, -0.15) is 5.10 Å². The molecule has 1 aromatic heterocycles. The van der Waals surface area contributed by atoms with Gasteiger partial charge in [-0.05, 0) is 25.0 Å². The van der Waals surface area contributed by atoms with Gasteiger partial charge in [0.15, 0.2) is 5.82 Å². The number of amides is 1. The van der Waals surface area contributed by atoms with Crippen LogP contribution in [0.2, 0.25) is 0 Å². The van der Waals surface area contributed by atoms with Crippen molar-refractivity contribution in [2.45, 2.75) is 38.4 Å². The molecule has 0 N–H and O–H groups in total. The minimum Gasteiger partial charge on any atom is -0.350 e. The van der Waals surface area contributed by atoms with Gasteiger partial charge in [-0.15, -0.1) is 0 Å².